The van der Waals surface area contributed by atoms with E-state index in [-0.39, 0.29) is 18.9 Å². The van der Waals surface area contributed by atoms with Gasteiger partial charge in [-0.05, 0) is 41.0 Å². The van der Waals surface area contributed by atoms with Crippen molar-refractivity contribution in [2.45, 2.75) is 13.0 Å². The molecule has 3 rings (SSSR count). The van der Waals surface area contributed by atoms with E-state index in [4.69, 9.17) is 15.2 Å². The van der Waals surface area contributed by atoms with Crippen LogP contribution in [-0.4, -0.2) is 19.5 Å². The highest BCUT2D eigenvalue weighted by Gasteiger charge is 2.32. The van der Waals surface area contributed by atoms with E-state index in [0.717, 1.165) is 11.1 Å². The molecule has 3 aromatic carbocycles. The van der Waals surface area contributed by atoms with E-state index in [2.05, 4.69) is 4.74 Å². The van der Waals surface area contributed by atoms with Crippen molar-refractivity contribution in [3.8, 4) is 28.4 Å². The Balaban J connectivity index is 1.75. The molecule has 0 aliphatic carbocycles. The van der Waals surface area contributed by atoms with Gasteiger partial charge in [-0.3, -0.25) is 0 Å². The Morgan fingerprint density at radius 2 is 1.45 bits per heavy atom. The largest absolute Gasteiger partial charge is 0.573 e. The molecule has 0 atom stereocenters. The van der Waals surface area contributed by atoms with Crippen LogP contribution in [0.1, 0.15) is 5.56 Å². The standard InChI is InChI=1S/C22H20F3NO3/c23-22(24,25)29-21-14-18(8-11-20(21)27-13-12-26)17-6-9-19(10-7-17)28-15-16-4-2-1-3-5-16/h1-11,14H,12-13,15,26H2. The lowest BCUT2D eigenvalue weighted by molar-refractivity contribution is -0.275. The molecule has 0 aromatic heterocycles. The first-order valence-corrected chi connectivity index (χ1v) is 8.94. The van der Waals surface area contributed by atoms with Gasteiger partial charge in [0.1, 0.15) is 19.0 Å². The van der Waals surface area contributed by atoms with Gasteiger partial charge in [-0.15, -0.1) is 13.2 Å². The molecule has 0 heterocycles. The predicted molar refractivity (Wildman–Crippen MR) is 104 cm³/mol. The molecule has 0 fully saturated rings. The molecule has 0 aliphatic heterocycles. The molecule has 4 nitrogen and oxygen atoms in total. The van der Waals surface area contributed by atoms with Gasteiger partial charge in [-0.1, -0.05) is 48.5 Å². The second-order valence-corrected chi connectivity index (χ2v) is 6.15. The topological polar surface area (TPSA) is 53.7 Å². The molecular formula is C22H20F3NO3. The summed E-state index contributed by atoms with van der Waals surface area (Å²) in [5.41, 5.74) is 7.66. The molecule has 29 heavy (non-hydrogen) atoms. The molecule has 2 N–H and O–H groups in total. The molecule has 0 bridgehead atoms. The molecule has 3 aromatic rings. The van der Waals surface area contributed by atoms with Crippen LogP contribution < -0.4 is 19.9 Å². The van der Waals surface area contributed by atoms with E-state index in [1.807, 2.05) is 30.3 Å². The van der Waals surface area contributed by atoms with Crippen LogP contribution in [0.2, 0.25) is 0 Å². The van der Waals surface area contributed by atoms with E-state index >= 15 is 0 Å². The van der Waals surface area contributed by atoms with Gasteiger partial charge in [0.15, 0.2) is 11.5 Å². The van der Waals surface area contributed by atoms with E-state index < -0.39 is 12.1 Å². The third kappa shape index (κ3) is 6.15. The zero-order valence-corrected chi connectivity index (χ0v) is 15.5. The molecule has 0 spiro atoms. The zero-order chi connectivity index (χ0) is 20.7. The molecular weight excluding hydrogens is 383 g/mol. The van der Waals surface area contributed by atoms with Gasteiger partial charge in [0.05, 0.1) is 0 Å². The summed E-state index contributed by atoms with van der Waals surface area (Å²) in [5.74, 6) is 0.236. The average molecular weight is 403 g/mol. The highest BCUT2D eigenvalue weighted by molar-refractivity contribution is 5.67. The van der Waals surface area contributed by atoms with E-state index in [0.29, 0.717) is 17.9 Å². The maximum atomic E-state index is 12.7. The SMILES string of the molecule is NCCOc1ccc(-c2ccc(OCc3ccccc3)cc2)cc1OC(F)(F)F. The van der Waals surface area contributed by atoms with Crippen molar-refractivity contribution >= 4 is 0 Å². The molecule has 0 saturated heterocycles. The summed E-state index contributed by atoms with van der Waals surface area (Å²) in [7, 11) is 0. The number of benzene rings is 3. The van der Waals surface area contributed by atoms with Crippen LogP contribution in [0.3, 0.4) is 0 Å². The third-order valence-corrected chi connectivity index (χ3v) is 3.98. The first-order valence-electron chi connectivity index (χ1n) is 8.94. The van der Waals surface area contributed by atoms with Crippen molar-refractivity contribution in [1.29, 1.82) is 0 Å². The van der Waals surface area contributed by atoms with Crippen molar-refractivity contribution in [1.82, 2.24) is 0 Å². The van der Waals surface area contributed by atoms with Crippen molar-refractivity contribution in [3.05, 3.63) is 78.4 Å². The summed E-state index contributed by atoms with van der Waals surface area (Å²) in [4.78, 5) is 0. The Kier molecular flexibility index (Phi) is 6.61. The summed E-state index contributed by atoms with van der Waals surface area (Å²) in [6.45, 7) is 0.690. The van der Waals surface area contributed by atoms with Crippen LogP contribution >= 0.6 is 0 Å². The van der Waals surface area contributed by atoms with Gasteiger partial charge in [0, 0.05) is 6.54 Å². The van der Waals surface area contributed by atoms with Crippen LogP contribution in [0.25, 0.3) is 11.1 Å². The van der Waals surface area contributed by atoms with Gasteiger partial charge in [0.2, 0.25) is 0 Å². The molecule has 0 aliphatic rings. The third-order valence-electron chi connectivity index (χ3n) is 3.98. The van der Waals surface area contributed by atoms with Gasteiger partial charge >= 0.3 is 6.36 Å². The summed E-state index contributed by atoms with van der Waals surface area (Å²) in [5, 5.41) is 0. The fourth-order valence-electron chi connectivity index (χ4n) is 2.66. The summed E-state index contributed by atoms with van der Waals surface area (Å²) in [6.07, 6.45) is -4.82. The summed E-state index contributed by atoms with van der Waals surface area (Å²) < 4.78 is 53.3. The Bertz CT molecular complexity index is 913. The van der Waals surface area contributed by atoms with Crippen molar-refractivity contribution in [2.24, 2.45) is 5.73 Å². The molecule has 0 saturated carbocycles. The Labute approximate surface area is 166 Å². The molecule has 0 radical (unpaired) electrons. The van der Waals surface area contributed by atoms with E-state index in [9.17, 15) is 13.2 Å². The lowest BCUT2D eigenvalue weighted by Crippen LogP contribution is -2.18. The Hall–Kier alpha value is -3.19. The van der Waals surface area contributed by atoms with Crippen LogP contribution in [0.5, 0.6) is 17.2 Å². The van der Waals surface area contributed by atoms with Gasteiger partial charge in [-0.2, -0.15) is 0 Å². The number of halogens is 3. The minimum atomic E-state index is -4.82. The normalized spacial score (nSPS) is 11.2. The number of hydrogen-bond donors (Lipinski definition) is 1. The Morgan fingerprint density at radius 1 is 0.759 bits per heavy atom. The first-order chi connectivity index (χ1) is 13.9. The average Bonchev–Trinajstić information content (AvgIpc) is 2.71. The number of alkyl halides is 3. The number of nitrogens with two attached hydrogens (primary N) is 1. The lowest BCUT2D eigenvalue weighted by Gasteiger charge is -2.15. The summed E-state index contributed by atoms with van der Waals surface area (Å²) in [6, 6.07) is 21.2. The molecule has 0 unspecified atom stereocenters. The van der Waals surface area contributed by atoms with Crippen LogP contribution in [-0.2, 0) is 6.61 Å². The van der Waals surface area contributed by atoms with Crippen molar-refractivity contribution in [3.63, 3.8) is 0 Å². The van der Waals surface area contributed by atoms with Crippen LogP contribution in [0.15, 0.2) is 72.8 Å². The number of ether oxygens (including phenoxy) is 3. The lowest BCUT2D eigenvalue weighted by atomic mass is 10.0. The van der Waals surface area contributed by atoms with Crippen molar-refractivity contribution < 1.29 is 27.4 Å². The second kappa shape index (κ2) is 9.34. The van der Waals surface area contributed by atoms with Crippen molar-refractivity contribution in [2.75, 3.05) is 13.2 Å². The van der Waals surface area contributed by atoms with Gasteiger partial charge in [-0.25, -0.2) is 0 Å². The minimum absolute atomic E-state index is 0.0145. The van der Waals surface area contributed by atoms with E-state index in [1.165, 1.54) is 12.1 Å². The molecule has 7 heteroatoms. The predicted octanol–water partition coefficient (Wildman–Crippen LogP) is 5.17. The summed E-state index contributed by atoms with van der Waals surface area (Å²) >= 11 is 0. The van der Waals surface area contributed by atoms with Crippen LogP contribution in [0.4, 0.5) is 13.2 Å². The fourth-order valence-corrected chi connectivity index (χ4v) is 2.66. The van der Waals surface area contributed by atoms with E-state index in [1.54, 1.807) is 30.3 Å². The minimum Gasteiger partial charge on any atom is -0.489 e. The monoisotopic (exact) mass is 403 g/mol. The van der Waals surface area contributed by atoms with Crippen LogP contribution in [0, 0.1) is 0 Å². The Morgan fingerprint density at radius 3 is 2.10 bits per heavy atom. The molecule has 0 amide bonds. The maximum absolute atomic E-state index is 12.7. The number of rotatable bonds is 8. The number of hydrogen-bond acceptors (Lipinski definition) is 4. The molecule has 152 valence electrons. The fraction of sp³-hybridized carbons (Fsp3) is 0.182. The highest BCUT2D eigenvalue weighted by atomic mass is 19.4. The first kappa shape index (κ1) is 20.5. The van der Waals surface area contributed by atoms with Gasteiger partial charge < -0.3 is 19.9 Å². The highest BCUT2D eigenvalue weighted by Crippen LogP contribution is 2.36. The quantitative estimate of drug-likeness (QED) is 0.564. The zero-order valence-electron chi connectivity index (χ0n) is 15.5. The second-order valence-electron chi connectivity index (χ2n) is 6.15. The van der Waals surface area contributed by atoms with Gasteiger partial charge in [0.25, 0.3) is 0 Å². The maximum Gasteiger partial charge on any atom is 0.573 e. The smallest absolute Gasteiger partial charge is 0.489 e.